The van der Waals surface area contributed by atoms with E-state index in [1.54, 1.807) is 18.9 Å². The van der Waals surface area contributed by atoms with Gasteiger partial charge in [0.05, 0.1) is 0 Å². The van der Waals surface area contributed by atoms with E-state index in [9.17, 15) is 9.59 Å². The minimum atomic E-state index is -0.0336. The maximum atomic E-state index is 12.6. The summed E-state index contributed by atoms with van der Waals surface area (Å²) in [5, 5.41) is 3.09. The van der Waals surface area contributed by atoms with Crippen LogP contribution in [0.25, 0.3) is 11.1 Å². The number of hydrogen-bond donors (Lipinski definition) is 1. The Bertz CT molecular complexity index is 832. The largest absolute Gasteiger partial charge is 0.350 e. The minimum Gasteiger partial charge on any atom is -0.350 e. The normalized spacial score (nSPS) is 17.2. The number of likely N-dealkylation sites (N-methyl/N-ethyl adjacent to an activating group) is 1. The molecule has 0 spiro atoms. The molecular weight excluding hydrogens is 350 g/mol. The zero-order valence-electron chi connectivity index (χ0n) is 16.9. The van der Waals surface area contributed by atoms with Crippen molar-refractivity contribution in [1.29, 1.82) is 0 Å². The van der Waals surface area contributed by atoms with E-state index in [0.29, 0.717) is 18.2 Å². The van der Waals surface area contributed by atoms with Crippen molar-refractivity contribution >= 4 is 17.5 Å². The van der Waals surface area contributed by atoms with Gasteiger partial charge >= 0.3 is 0 Å². The molecule has 0 saturated carbocycles. The van der Waals surface area contributed by atoms with Crippen LogP contribution < -0.4 is 10.2 Å². The van der Waals surface area contributed by atoms with E-state index >= 15 is 0 Å². The van der Waals surface area contributed by atoms with Crippen molar-refractivity contribution in [2.75, 3.05) is 32.1 Å². The second-order valence-corrected chi connectivity index (χ2v) is 7.55. The van der Waals surface area contributed by atoms with Gasteiger partial charge in [-0.25, -0.2) is 0 Å². The quantitative estimate of drug-likeness (QED) is 0.864. The molecule has 1 heterocycles. The first kappa shape index (κ1) is 20.1. The number of piperidine rings is 1. The average Bonchev–Trinajstić information content (AvgIpc) is 2.72. The molecule has 5 nitrogen and oxygen atoms in total. The van der Waals surface area contributed by atoms with Gasteiger partial charge in [0.1, 0.15) is 0 Å². The van der Waals surface area contributed by atoms with Crippen LogP contribution in [-0.4, -0.2) is 49.9 Å². The first-order valence-electron chi connectivity index (χ1n) is 9.89. The summed E-state index contributed by atoms with van der Waals surface area (Å²) in [5.74, 6) is -0.0382. The standard InChI is InChI=1S/C23H29N3O2/c1-17(27)26(3)21-12-10-18(11-13-21)19-7-6-8-20(15-19)23(28)24-16-22-9-4-5-14-25(22)2/h6-8,10-13,15,22H,4-5,9,14,16H2,1-3H3,(H,24,28). The van der Waals surface area contributed by atoms with E-state index < -0.39 is 0 Å². The Morgan fingerprint density at radius 2 is 1.86 bits per heavy atom. The third-order valence-corrected chi connectivity index (χ3v) is 5.60. The lowest BCUT2D eigenvalue weighted by molar-refractivity contribution is -0.116. The van der Waals surface area contributed by atoms with E-state index in [1.807, 2.05) is 48.5 Å². The van der Waals surface area contributed by atoms with Gasteiger partial charge in [0.2, 0.25) is 5.91 Å². The van der Waals surface area contributed by atoms with Crippen LogP contribution in [0.2, 0.25) is 0 Å². The van der Waals surface area contributed by atoms with E-state index in [-0.39, 0.29) is 11.8 Å². The number of anilines is 1. The van der Waals surface area contributed by atoms with E-state index in [4.69, 9.17) is 0 Å². The van der Waals surface area contributed by atoms with Crippen LogP contribution in [0.5, 0.6) is 0 Å². The Morgan fingerprint density at radius 1 is 1.11 bits per heavy atom. The number of carbonyl (C=O) groups is 2. The first-order valence-corrected chi connectivity index (χ1v) is 9.89. The summed E-state index contributed by atoms with van der Waals surface area (Å²) in [4.78, 5) is 28.1. The highest BCUT2D eigenvalue weighted by molar-refractivity contribution is 5.95. The lowest BCUT2D eigenvalue weighted by atomic mass is 10.0. The van der Waals surface area contributed by atoms with Crippen molar-refractivity contribution in [2.24, 2.45) is 0 Å². The molecule has 1 aliphatic heterocycles. The predicted octanol–water partition coefficient (Wildman–Crippen LogP) is 3.55. The Balaban J connectivity index is 1.67. The number of likely N-dealkylation sites (tertiary alicyclic amines) is 1. The topological polar surface area (TPSA) is 52.7 Å². The Kier molecular flexibility index (Phi) is 6.47. The molecule has 0 radical (unpaired) electrons. The summed E-state index contributed by atoms with van der Waals surface area (Å²) in [7, 11) is 3.88. The van der Waals surface area contributed by atoms with Gasteiger partial charge in [0, 0.05) is 37.8 Å². The van der Waals surface area contributed by atoms with Gasteiger partial charge in [0.15, 0.2) is 0 Å². The number of amides is 2. The third-order valence-electron chi connectivity index (χ3n) is 5.60. The molecule has 0 aliphatic carbocycles. The summed E-state index contributed by atoms with van der Waals surface area (Å²) in [5.41, 5.74) is 3.52. The van der Waals surface area contributed by atoms with E-state index in [2.05, 4.69) is 17.3 Å². The summed E-state index contributed by atoms with van der Waals surface area (Å²) < 4.78 is 0. The summed E-state index contributed by atoms with van der Waals surface area (Å²) in [6.45, 7) is 3.33. The van der Waals surface area contributed by atoms with Crippen molar-refractivity contribution in [1.82, 2.24) is 10.2 Å². The second kappa shape index (κ2) is 9.02. The van der Waals surface area contributed by atoms with Crippen LogP contribution in [0.1, 0.15) is 36.5 Å². The highest BCUT2D eigenvalue weighted by atomic mass is 16.2. The van der Waals surface area contributed by atoms with Crippen molar-refractivity contribution < 1.29 is 9.59 Å². The fourth-order valence-corrected chi connectivity index (χ4v) is 3.61. The van der Waals surface area contributed by atoms with Crippen molar-refractivity contribution in [3.63, 3.8) is 0 Å². The van der Waals surface area contributed by atoms with Gasteiger partial charge < -0.3 is 15.1 Å². The number of hydrogen-bond acceptors (Lipinski definition) is 3. The van der Waals surface area contributed by atoms with Crippen molar-refractivity contribution in [3.8, 4) is 11.1 Å². The molecule has 2 aromatic carbocycles. The van der Waals surface area contributed by atoms with Crippen LogP contribution in [0, 0.1) is 0 Å². The SMILES string of the molecule is CC(=O)N(C)c1ccc(-c2cccc(C(=O)NCC3CCCCN3C)c2)cc1. The molecule has 0 aromatic heterocycles. The Hall–Kier alpha value is -2.66. The van der Waals surface area contributed by atoms with Gasteiger partial charge in [-0.1, -0.05) is 30.7 Å². The second-order valence-electron chi connectivity index (χ2n) is 7.55. The van der Waals surface area contributed by atoms with Gasteiger partial charge in [0.25, 0.3) is 5.91 Å². The molecule has 1 fully saturated rings. The third kappa shape index (κ3) is 4.78. The Morgan fingerprint density at radius 3 is 2.54 bits per heavy atom. The minimum absolute atomic E-state index is 0.00460. The molecule has 28 heavy (non-hydrogen) atoms. The number of rotatable bonds is 5. The fraction of sp³-hybridized carbons (Fsp3) is 0.391. The molecule has 1 atom stereocenters. The molecule has 3 rings (SSSR count). The molecule has 0 bridgehead atoms. The number of carbonyl (C=O) groups excluding carboxylic acids is 2. The van der Waals surface area contributed by atoms with Crippen LogP contribution >= 0.6 is 0 Å². The molecule has 1 aliphatic rings. The van der Waals surface area contributed by atoms with Gasteiger partial charge in [-0.3, -0.25) is 9.59 Å². The van der Waals surface area contributed by atoms with E-state index in [1.165, 1.54) is 12.8 Å². The highest BCUT2D eigenvalue weighted by Gasteiger charge is 2.19. The van der Waals surface area contributed by atoms with Gasteiger partial charge in [-0.05, 0) is 61.8 Å². The fourth-order valence-electron chi connectivity index (χ4n) is 3.61. The summed E-state index contributed by atoms with van der Waals surface area (Å²) in [6, 6.07) is 15.9. The van der Waals surface area contributed by atoms with Crippen molar-refractivity contribution in [3.05, 3.63) is 54.1 Å². The maximum absolute atomic E-state index is 12.6. The van der Waals surface area contributed by atoms with Gasteiger partial charge in [-0.15, -0.1) is 0 Å². The molecule has 5 heteroatoms. The molecule has 1 saturated heterocycles. The summed E-state index contributed by atoms with van der Waals surface area (Å²) >= 11 is 0. The van der Waals surface area contributed by atoms with Crippen LogP contribution in [-0.2, 0) is 4.79 Å². The number of benzene rings is 2. The monoisotopic (exact) mass is 379 g/mol. The summed E-state index contributed by atoms with van der Waals surface area (Å²) in [6.07, 6.45) is 3.61. The maximum Gasteiger partial charge on any atom is 0.251 e. The average molecular weight is 380 g/mol. The zero-order chi connectivity index (χ0) is 20.1. The van der Waals surface area contributed by atoms with Crippen molar-refractivity contribution in [2.45, 2.75) is 32.2 Å². The smallest absolute Gasteiger partial charge is 0.251 e. The molecule has 2 amide bonds. The Labute approximate surface area is 167 Å². The lowest BCUT2D eigenvalue weighted by Gasteiger charge is -2.32. The van der Waals surface area contributed by atoms with E-state index in [0.717, 1.165) is 29.8 Å². The number of nitrogens with one attached hydrogen (secondary N) is 1. The molecule has 148 valence electrons. The van der Waals surface area contributed by atoms with Crippen LogP contribution in [0.3, 0.4) is 0 Å². The molecule has 1 N–H and O–H groups in total. The molecule has 2 aromatic rings. The lowest BCUT2D eigenvalue weighted by Crippen LogP contribution is -2.44. The molecular formula is C23H29N3O2. The van der Waals surface area contributed by atoms with Crippen LogP contribution in [0.4, 0.5) is 5.69 Å². The zero-order valence-corrected chi connectivity index (χ0v) is 16.9. The first-order chi connectivity index (χ1) is 13.5. The number of nitrogens with zero attached hydrogens (tertiary/aromatic N) is 2. The van der Waals surface area contributed by atoms with Gasteiger partial charge in [-0.2, -0.15) is 0 Å². The van der Waals surface area contributed by atoms with Crippen LogP contribution in [0.15, 0.2) is 48.5 Å². The predicted molar refractivity (Wildman–Crippen MR) is 114 cm³/mol. The molecule has 1 unspecified atom stereocenters. The highest BCUT2D eigenvalue weighted by Crippen LogP contribution is 2.24.